The molecule has 2 nitrogen and oxygen atoms in total. The molecular formula is C17H17F3N2. The second-order valence-corrected chi connectivity index (χ2v) is 5.61. The molecule has 0 aliphatic carbocycles. The molecule has 1 aliphatic heterocycles. The molecule has 22 heavy (non-hydrogen) atoms. The fourth-order valence-corrected chi connectivity index (χ4v) is 2.88. The number of nitrogen functional groups attached to an aromatic ring is 1. The van der Waals surface area contributed by atoms with E-state index in [1.165, 1.54) is 5.56 Å². The van der Waals surface area contributed by atoms with Gasteiger partial charge in [-0.05, 0) is 54.3 Å². The Morgan fingerprint density at radius 2 is 1.77 bits per heavy atom. The van der Waals surface area contributed by atoms with Crippen LogP contribution in [0, 0.1) is 0 Å². The Morgan fingerprint density at radius 1 is 1.05 bits per heavy atom. The molecule has 116 valence electrons. The molecule has 2 aromatic carbocycles. The molecule has 3 rings (SSSR count). The zero-order chi connectivity index (χ0) is 15.7. The van der Waals surface area contributed by atoms with Crippen molar-refractivity contribution in [2.24, 2.45) is 0 Å². The number of anilines is 2. The average molecular weight is 306 g/mol. The SMILES string of the molecule is Nc1ccc2c(c1)CCCN2Cc1ccc(C(F)(F)F)cc1. The largest absolute Gasteiger partial charge is 0.416 e. The smallest absolute Gasteiger partial charge is 0.399 e. The van der Waals surface area contributed by atoms with E-state index in [0.717, 1.165) is 48.5 Å². The molecule has 0 aromatic heterocycles. The molecular weight excluding hydrogens is 289 g/mol. The van der Waals surface area contributed by atoms with Crippen molar-refractivity contribution < 1.29 is 13.2 Å². The van der Waals surface area contributed by atoms with Crippen LogP contribution in [0.4, 0.5) is 24.5 Å². The summed E-state index contributed by atoms with van der Waals surface area (Å²) in [7, 11) is 0. The Morgan fingerprint density at radius 3 is 2.45 bits per heavy atom. The average Bonchev–Trinajstić information content (AvgIpc) is 2.47. The number of nitrogens with zero attached hydrogens (tertiary/aromatic N) is 1. The molecule has 0 bridgehead atoms. The van der Waals surface area contributed by atoms with E-state index in [4.69, 9.17) is 5.73 Å². The summed E-state index contributed by atoms with van der Waals surface area (Å²) in [4.78, 5) is 2.20. The number of fused-ring (bicyclic) bond motifs is 1. The fraction of sp³-hybridized carbons (Fsp3) is 0.294. The minimum absolute atomic E-state index is 0.606. The van der Waals surface area contributed by atoms with Gasteiger partial charge in [0.15, 0.2) is 0 Å². The van der Waals surface area contributed by atoms with Crippen LogP contribution >= 0.6 is 0 Å². The van der Waals surface area contributed by atoms with Crippen LogP contribution in [0.3, 0.4) is 0 Å². The van der Waals surface area contributed by atoms with Gasteiger partial charge in [-0.2, -0.15) is 13.2 Å². The van der Waals surface area contributed by atoms with Gasteiger partial charge in [-0.3, -0.25) is 0 Å². The summed E-state index contributed by atoms with van der Waals surface area (Å²) in [5.41, 5.74) is 9.15. The molecule has 0 amide bonds. The summed E-state index contributed by atoms with van der Waals surface area (Å²) in [5.74, 6) is 0. The fourth-order valence-electron chi connectivity index (χ4n) is 2.88. The molecule has 0 spiro atoms. The lowest BCUT2D eigenvalue weighted by atomic mass is 10.00. The van der Waals surface area contributed by atoms with Crippen molar-refractivity contribution in [2.75, 3.05) is 17.2 Å². The van der Waals surface area contributed by atoms with Gasteiger partial charge in [0, 0.05) is 24.5 Å². The van der Waals surface area contributed by atoms with Crippen molar-refractivity contribution in [3.05, 3.63) is 59.2 Å². The number of nitrogens with two attached hydrogens (primary N) is 1. The summed E-state index contributed by atoms with van der Waals surface area (Å²) in [6.45, 7) is 1.51. The first-order valence-corrected chi connectivity index (χ1v) is 7.23. The second-order valence-electron chi connectivity index (χ2n) is 5.61. The van der Waals surface area contributed by atoms with Crippen molar-refractivity contribution in [1.29, 1.82) is 0 Å². The van der Waals surface area contributed by atoms with Crippen molar-refractivity contribution >= 4 is 11.4 Å². The molecule has 0 unspecified atom stereocenters. The van der Waals surface area contributed by atoms with Gasteiger partial charge in [0.25, 0.3) is 0 Å². The molecule has 0 saturated heterocycles. The minimum Gasteiger partial charge on any atom is -0.399 e. The van der Waals surface area contributed by atoms with Crippen LogP contribution in [0.1, 0.15) is 23.1 Å². The van der Waals surface area contributed by atoms with Gasteiger partial charge in [-0.15, -0.1) is 0 Å². The van der Waals surface area contributed by atoms with Crippen LogP contribution in [-0.4, -0.2) is 6.54 Å². The molecule has 1 aliphatic rings. The van der Waals surface area contributed by atoms with Crippen molar-refractivity contribution in [1.82, 2.24) is 0 Å². The standard InChI is InChI=1S/C17H17F3N2/c18-17(19,20)14-5-3-12(4-6-14)11-22-9-1-2-13-10-15(21)7-8-16(13)22/h3-8,10H,1-2,9,11,21H2. The van der Waals surface area contributed by atoms with Gasteiger partial charge < -0.3 is 10.6 Å². The molecule has 2 N–H and O–H groups in total. The number of aryl methyl sites for hydroxylation is 1. The first-order chi connectivity index (χ1) is 10.4. The number of rotatable bonds is 2. The van der Waals surface area contributed by atoms with Gasteiger partial charge in [0.1, 0.15) is 0 Å². The van der Waals surface area contributed by atoms with E-state index in [9.17, 15) is 13.2 Å². The summed E-state index contributed by atoms with van der Waals surface area (Å²) < 4.78 is 37.8. The van der Waals surface area contributed by atoms with E-state index in [1.54, 1.807) is 12.1 Å². The van der Waals surface area contributed by atoms with Gasteiger partial charge in [0.2, 0.25) is 0 Å². The molecule has 5 heteroatoms. The second kappa shape index (κ2) is 5.55. The highest BCUT2D eigenvalue weighted by atomic mass is 19.4. The third-order valence-corrected chi connectivity index (χ3v) is 3.97. The number of alkyl halides is 3. The van der Waals surface area contributed by atoms with Gasteiger partial charge in [0.05, 0.1) is 5.56 Å². The highest BCUT2D eigenvalue weighted by Gasteiger charge is 2.30. The molecule has 0 fully saturated rings. The predicted octanol–water partition coefficient (Wildman–Crippen LogP) is 4.24. The van der Waals surface area contributed by atoms with E-state index in [0.29, 0.717) is 6.54 Å². The number of halogens is 3. The molecule has 0 saturated carbocycles. The lowest BCUT2D eigenvalue weighted by Gasteiger charge is -2.31. The third-order valence-electron chi connectivity index (χ3n) is 3.97. The first kappa shape index (κ1) is 14.8. The van der Waals surface area contributed by atoms with E-state index < -0.39 is 11.7 Å². The molecule has 0 atom stereocenters. The van der Waals surface area contributed by atoms with E-state index >= 15 is 0 Å². The van der Waals surface area contributed by atoms with Crippen LogP contribution in [0.25, 0.3) is 0 Å². The van der Waals surface area contributed by atoms with Crippen molar-refractivity contribution in [3.8, 4) is 0 Å². The Bertz CT molecular complexity index is 663. The van der Waals surface area contributed by atoms with Gasteiger partial charge in [-0.25, -0.2) is 0 Å². The maximum Gasteiger partial charge on any atom is 0.416 e. The maximum atomic E-state index is 12.6. The summed E-state index contributed by atoms with van der Waals surface area (Å²) in [6, 6.07) is 11.2. The number of benzene rings is 2. The van der Waals surface area contributed by atoms with Crippen molar-refractivity contribution in [2.45, 2.75) is 25.6 Å². The normalized spacial score (nSPS) is 14.8. The summed E-state index contributed by atoms with van der Waals surface area (Å²) in [5, 5.41) is 0. The topological polar surface area (TPSA) is 29.3 Å². The molecule has 2 aromatic rings. The summed E-state index contributed by atoms with van der Waals surface area (Å²) >= 11 is 0. The van der Waals surface area contributed by atoms with E-state index in [2.05, 4.69) is 4.90 Å². The van der Waals surface area contributed by atoms with E-state index in [1.807, 2.05) is 18.2 Å². The lowest BCUT2D eigenvalue weighted by Crippen LogP contribution is -2.28. The Labute approximate surface area is 127 Å². The highest BCUT2D eigenvalue weighted by molar-refractivity contribution is 5.61. The van der Waals surface area contributed by atoms with Crippen LogP contribution in [0.5, 0.6) is 0 Å². The highest BCUT2D eigenvalue weighted by Crippen LogP contribution is 2.31. The Balaban J connectivity index is 1.80. The van der Waals surface area contributed by atoms with Gasteiger partial charge in [-0.1, -0.05) is 12.1 Å². The first-order valence-electron chi connectivity index (χ1n) is 7.23. The lowest BCUT2D eigenvalue weighted by molar-refractivity contribution is -0.137. The monoisotopic (exact) mass is 306 g/mol. The summed E-state index contributed by atoms with van der Waals surface area (Å²) in [6.07, 6.45) is -2.27. The van der Waals surface area contributed by atoms with Crippen LogP contribution < -0.4 is 10.6 Å². The molecule has 1 heterocycles. The quantitative estimate of drug-likeness (QED) is 0.841. The van der Waals surface area contributed by atoms with Crippen LogP contribution in [0.2, 0.25) is 0 Å². The zero-order valence-corrected chi connectivity index (χ0v) is 12.0. The van der Waals surface area contributed by atoms with E-state index in [-0.39, 0.29) is 0 Å². The van der Waals surface area contributed by atoms with Crippen molar-refractivity contribution in [3.63, 3.8) is 0 Å². The minimum atomic E-state index is -4.28. The number of hydrogen-bond donors (Lipinski definition) is 1. The predicted molar refractivity (Wildman–Crippen MR) is 81.7 cm³/mol. The maximum absolute atomic E-state index is 12.6. The molecule has 0 radical (unpaired) electrons. The number of hydrogen-bond acceptors (Lipinski definition) is 2. The zero-order valence-electron chi connectivity index (χ0n) is 12.0. The van der Waals surface area contributed by atoms with Crippen LogP contribution in [0.15, 0.2) is 42.5 Å². The Kier molecular flexibility index (Phi) is 3.72. The Hall–Kier alpha value is -2.17. The van der Waals surface area contributed by atoms with Gasteiger partial charge >= 0.3 is 6.18 Å². The third kappa shape index (κ3) is 3.03. The van der Waals surface area contributed by atoms with Crippen LogP contribution in [-0.2, 0) is 19.1 Å².